The van der Waals surface area contributed by atoms with Gasteiger partial charge in [0.15, 0.2) is 0 Å². The van der Waals surface area contributed by atoms with Crippen molar-refractivity contribution in [1.82, 2.24) is 14.9 Å². The summed E-state index contributed by atoms with van der Waals surface area (Å²) in [6.45, 7) is 3.82. The van der Waals surface area contributed by atoms with Crippen molar-refractivity contribution < 1.29 is 14.4 Å². The van der Waals surface area contributed by atoms with Crippen LogP contribution in [-0.4, -0.2) is 32.6 Å². The maximum absolute atomic E-state index is 13.0. The van der Waals surface area contributed by atoms with Crippen LogP contribution in [0.3, 0.4) is 0 Å². The summed E-state index contributed by atoms with van der Waals surface area (Å²) in [5, 5.41) is 3.83. The Bertz CT molecular complexity index is 1540. The van der Waals surface area contributed by atoms with E-state index in [1.165, 1.54) is 11.1 Å². The lowest BCUT2D eigenvalue weighted by atomic mass is 10.0. The number of nitrogens with one attached hydrogen (secondary N) is 1. The van der Waals surface area contributed by atoms with Crippen LogP contribution >= 0.6 is 23.2 Å². The van der Waals surface area contributed by atoms with Crippen LogP contribution in [0, 0.1) is 13.8 Å². The zero-order valence-corrected chi connectivity index (χ0v) is 21.4. The maximum Gasteiger partial charge on any atom is 0.293 e. The van der Waals surface area contributed by atoms with Crippen LogP contribution in [0.2, 0.25) is 10.0 Å². The Morgan fingerprint density at radius 2 is 1.54 bits per heavy atom. The lowest BCUT2D eigenvalue weighted by Gasteiger charge is -2.17. The Morgan fingerprint density at radius 1 is 0.892 bits per heavy atom. The molecule has 4 aromatic rings. The molecular formula is C28H20Cl2N4O3. The fourth-order valence-corrected chi connectivity index (χ4v) is 4.77. The molecule has 9 heteroatoms. The van der Waals surface area contributed by atoms with E-state index >= 15 is 0 Å². The minimum Gasteiger partial charge on any atom is -0.319 e. The molecular weight excluding hydrogens is 511 g/mol. The number of hydrogen-bond acceptors (Lipinski definition) is 5. The highest BCUT2D eigenvalue weighted by atomic mass is 35.5. The number of hydrogen-bond donors (Lipinski definition) is 1. The molecule has 0 spiro atoms. The van der Waals surface area contributed by atoms with Gasteiger partial charge < -0.3 is 5.32 Å². The van der Waals surface area contributed by atoms with Crippen LogP contribution in [0.5, 0.6) is 0 Å². The number of fused-ring (bicyclic) bond motifs is 1. The van der Waals surface area contributed by atoms with Gasteiger partial charge in [0.2, 0.25) is 5.82 Å². The van der Waals surface area contributed by atoms with Crippen LogP contribution in [0.15, 0.2) is 66.9 Å². The highest BCUT2D eigenvalue weighted by Gasteiger charge is 2.35. The Kier molecular flexibility index (Phi) is 6.50. The molecule has 0 saturated heterocycles. The van der Waals surface area contributed by atoms with Crippen LogP contribution in [0.1, 0.15) is 48.0 Å². The molecule has 184 valence electrons. The molecule has 0 bridgehead atoms. The average molecular weight is 531 g/mol. The molecule has 1 aromatic heterocycles. The normalized spacial score (nSPS) is 12.6. The van der Waals surface area contributed by atoms with Crippen molar-refractivity contribution in [3.05, 3.63) is 111 Å². The van der Waals surface area contributed by atoms with Crippen LogP contribution in [0.25, 0.3) is 11.3 Å². The van der Waals surface area contributed by atoms with Gasteiger partial charge in [0, 0.05) is 22.5 Å². The van der Waals surface area contributed by atoms with Gasteiger partial charge in [-0.3, -0.25) is 19.3 Å². The summed E-state index contributed by atoms with van der Waals surface area (Å²) < 4.78 is 0. The third kappa shape index (κ3) is 4.71. The summed E-state index contributed by atoms with van der Waals surface area (Å²) >= 11 is 12.4. The molecule has 0 radical (unpaired) electrons. The second kappa shape index (κ2) is 9.76. The standard InChI is InChI=1S/C28H20Cl2N4O3/c1-15-11-17(14-34-27(36)19-5-3-4-6-20(19)28(34)37)12-16(2)24(15)33-26(35)25-31-10-9-23(32-25)21-13-18(29)7-8-22(21)30/h3-13H,14H2,1-2H3,(H,33,35). The minimum absolute atomic E-state index is 0.0255. The number of amides is 3. The third-order valence-electron chi connectivity index (χ3n) is 6.11. The first-order valence-electron chi connectivity index (χ1n) is 11.4. The number of anilines is 1. The van der Waals surface area contributed by atoms with Gasteiger partial charge in [-0.25, -0.2) is 9.97 Å². The van der Waals surface area contributed by atoms with Gasteiger partial charge in [-0.15, -0.1) is 0 Å². The summed E-state index contributed by atoms with van der Waals surface area (Å²) in [5.41, 5.74) is 4.80. The number of halogens is 2. The minimum atomic E-state index is -0.487. The molecule has 5 rings (SSSR count). The van der Waals surface area contributed by atoms with Crippen molar-refractivity contribution in [1.29, 1.82) is 0 Å². The molecule has 0 unspecified atom stereocenters. The number of carbonyl (C=O) groups is 3. The van der Waals surface area contributed by atoms with Crippen LogP contribution in [0.4, 0.5) is 5.69 Å². The number of benzene rings is 3. The number of aromatic nitrogens is 2. The van der Waals surface area contributed by atoms with Crippen molar-refractivity contribution in [3.63, 3.8) is 0 Å². The van der Waals surface area contributed by atoms with Crippen LogP contribution in [-0.2, 0) is 6.54 Å². The zero-order valence-electron chi connectivity index (χ0n) is 19.9. The second-order valence-electron chi connectivity index (χ2n) is 8.69. The average Bonchev–Trinajstić information content (AvgIpc) is 3.12. The van der Waals surface area contributed by atoms with Gasteiger partial charge in [0.1, 0.15) is 0 Å². The first-order valence-corrected chi connectivity index (χ1v) is 12.1. The monoisotopic (exact) mass is 530 g/mol. The zero-order chi connectivity index (χ0) is 26.3. The third-order valence-corrected chi connectivity index (χ3v) is 6.68. The molecule has 0 aliphatic carbocycles. The molecule has 0 atom stereocenters. The lowest BCUT2D eigenvalue weighted by Crippen LogP contribution is -2.29. The van der Waals surface area contributed by atoms with Crippen molar-refractivity contribution in [2.75, 3.05) is 5.32 Å². The number of aryl methyl sites for hydroxylation is 2. The largest absolute Gasteiger partial charge is 0.319 e. The summed E-state index contributed by atoms with van der Waals surface area (Å²) in [4.78, 5) is 48.2. The molecule has 1 aliphatic heterocycles. The van der Waals surface area contributed by atoms with Crippen molar-refractivity contribution >= 4 is 46.6 Å². The summed E-state index contributed by atoms with van der Waals surface area (Å²) in [6.07, 6.45) is 1.49. The van der Waals surface area contributed by atoms with E-state index in [0.29, 0.717) is 38.1 Å². The van der Waals surface area contributed by atoms with Gasteiger partial charge >= 0.3 is 0 Å². The van der Waals surface area contributed by atoms with E-state index in [9.17, 15) is 14.4 Å². The molecule has 0 saturated carbocycles. The highest BCUT2D eigenvalue weighted by molar-refractivity contribution is 6.35. The van der Waals surface area contributed by atoms with Crippen molar-refractivity contribution in [2.45, 2.75) is 20.4 Å². The van der Waals surface area contributed by atoms with E-state index < -0.39 is 5.91 Å². The van der Waals surface area contributed by atoms with E-state index in [2.05, 4.69) is 15.3 Å². The summed E-state index contributed by atoms with van der Waals surface area (Å²) in [7, 11) is 0. The second-order valence-corrected chi connectivity index (χ2v) is 9.53. The Morgan fingerprint density at radius 3 is 2.19 bits per heavy atom. The fourth-order valence-electron chi connectivity index (χ4n) is 4.39. The Balaban J connectivity index is 1.36. The number of carbonyl (C=O) groups excluding carboxylic acids is 3. The lowest BCUT2D eigenvalue weighted by molar-refractivity contribution is 0.0642. The molecule has 7 nitrogen and oxygen atoms in total. The van der Waals surface area contributed by atoms with E-state index in [1.807, 2.05) is 26.0 Å². The quantitative estimate of drug-likeness (QED) is 0.314. The Labute approximate surface area is 223 Å². The van der Waals surface area contributed by atoms with E-state index in [1.54, 1.807) is 48.5 Å². The molecule has 37 heavy (non-hydrogen) atoms. The molecule has 2 heterocycles. The van der Waals surface area contributed by atoms with Crippen LogP contribution < -0.4 is 5.32 Å². The Hall–Kier alpha value is -4.07. The smallest absolute Gasteiger partial charge is 0.293 e. The van der Waals surface area contributed by atoms with Gasteiger partial charge in [-0.2, -0.15) is 0 Å². The summed E-state index contributed by atoms with van der Waals surface area (Å²) in [6, 6.07) is 17.1. The summed E-state index contributed by atoms with van der Waals surface area (Å²) in [5.74, 6) is -1.14. The molecule has 1 aliphatic rings. The maximum atomic E-state index is 13.0. The fraction of sp³-hybridized carbons (Fsp3) is 0.107. The number of rotatable bonds is 5. The van der Waals surface area contributed by atoms with E-state index in [0.717, 1.165) is 16.7 Å². The molecule has 0 fully saturated rings. The van der Waals surface area contributed by atoms with Gasteiger partial charge in [-0.05, 0) is 66.9 Å². The topological polar surface area (TPSA) is 92.3 Å². The number of imide groups is 1. The van der Waals surface area contributed by atoms with E-state index in [-0.39, 0.29) is 24.2 Å². The molecule has 3 aromatic carbocycles. The van der Waals surface area contributed by atoms with Crippen molar-refractivity contribution in [2.24, 2.45) is 0 Å². The first kappa shape index (κ1) is 24.6. The SMILES string of the molecule is Cc1cc(CN2C(=O)c3ccccc3C2=O)cc(C)c1NC(=O)c1nccc(-c2cc(Cl)ccc2Cl)n1. The van der Waals surface area contributed by atoms with E-state index in [4.69, 9.17) is 23.2 Å². The molecule has 3 amide bonds. The van der Waals surface area contributed by atoms with Gasteiger partial charge in [0.25, 0.3) is 17.7 Å². The predicted octanol–water partition coefficient (Wildman–Crippen LogP) is 6.12. The molecule has 1 N–H and O–H groups in total. The predicted molar refractivity (Wildman–Crippen MR) is 142 cm³/mol. The first-order chi connectivity index (χ1) is 17.7. The van der Waals surface area contributed by atoms with Gasteiger partial charge in [0.05, 0.1) is 28.4 Å². The number of nitrogens with zero attached hydrogens (tertiary/aromatic N) is 3. The van der Waals surface area contributed by atoms with Gasteiger partial charge in [-0.1, -0.05) is 47.5 Å². The highest BCUT2D eigenvalue weighted by Crippen LogP contribution is 2.30. The van der Waals surface area contributed by atoms with Crippen molar-refractivity contribution in [3.8, 4) is 11.3 Å².